The molecule has 0 aliphatic rings. The van der Waals surface area contributed by atoms with E-state index >= 15 is 0 Å². The van der Waals surface area contributed by atoms with Gasteiger partial charge in [-0.05, 0) is 11.6 Å². The molecule has 0 fully saturated rings. The van der Waals surface area contributed by atoms with Gasteiger partial charge in [0, 0.05) is 36.7 Å². The van der Waals surface area contributed by atoms with Crippen molar-refractivity contribution >= 4 is 33.4 Å². The number of hydrogen-bond acceptors (Lipinski definition) is 8. The fourth-order valence-electron chi connectivity index (χ4n) is 1.89. The van der Waals surface area contributed by atoms with Gasteiger partial charge in [0.1, 0.15) is 0 Å². The van der Waals surface area contributed by atoms with Gasteiger partial charge in [-0.2, -0.15) is 0 Å². The summed E-state index contributed by atoms with van der Waals surface area (Å²) in [5.74, 6) is 0. The first kappa shape index (κ1) is 16.6. The summed E-state index contributed by atoms with van der Waals surface area (Å²) < 4.78 is 0. The first-order valence-corrected chi connectivity index (χ1v) is 7.48. The Labute approximate surface area is 134 Å². The van der Waals surface area contributed by atoms with Gasteiger partial charge in [-0.25, -0.2) is 0 Å². The Morgan fingerprint density at radius 2 is 1.87 bits per heavy atom. The second-order valence-corrected chi connectivity index (χ2v) is 5.43. The van der Waals surface area contributed by atoms with Crippen LogP contribution in [0, 0.1) is 20.2 Å². The number of anilines is 2. The molecule has 122 valence electrons. The van der Waals surface area contributed by atoms with Crippen LogP contribution in [0.25, 0.3) is 0 Å². The van der Waals surface area contributed by atoms with Crippen LogP contribution >= 0.6 is 11.3 Å². The van der Waals surface area contributed by atoms with Crippen molar-refractivity contribution in [1.29, 1.82) is 0 Å². The van der Waals surface area contributed by atoms with Crippen molar-refractivity contribution in [3.05, 3.63) is 55.4 Å². The lowest BCUT2D eigenvalue weighted by atomic mass is 10.2. The lowest BCUT2D eigenvalue weighted by Gasteiger charge is -2.12. The minimum absolute atomic E-state index is 0.0412. The fourth-order valence-corrected chi connectivity index (χ4v) is 2.61. The van der Waals surface area contributed by atoms with Crippen LogP contribution in [0.15, 0.2) is 29.6 Å². The van der Waals surface area contributed by atoms with E-state index in [0.717, 1.165) is 11.3 Å². The fraction of sp³-hybridized carbons (Fsp3) is 0.231. The zero-order chi connectivity index (χ0) is 16.8. The zero-order valence-electron chi connectivity index (χ0n) is 11.9. The number of nitrogens with one attached hydrogen (secondary N) is 2. The molecular weight excluding hydrogens is 324 g/mol. The quantitative estimate of drug-likeness (QED) is 0.498. The number of nitrogens with zero attached hydrogens (tertiary/aromatic N) is 2. The van der Waals surface area contributed by atoms with Gasteiger partial charge < -0.3 is 15.7 Å². The van der Waals surface area contributed by atoms with E-state index in [0.29, 0.717) is 30.0 Å². The molecule has 1 aromatic heterocycles. The summed E-state index contributed by atoms with van der Waals surface area (Å²) in [4.78, 5) is 20.6. The maximum absolute atomic E-state index is 10.9. The van der Waals surface area contributed by atoms with Gasteiger partial charge in [0.15, 0.2) is 0 Å². The molecule has 0 spiro atoms. The van der Waals surface area contributed by atoms with E-state index in [9.17, 15) is 20.2 Å². The molecule has 0 atom stereocenters. The maximum atomic E-state index is 10.9. The number of thiophene rings is 1. The Morgan fingerprint density at radius 1 is 1.09 bits per heavy atom. The van der Waals surface area contributed by atoms with Crippen molar-refractivity contribution < 1.29 is 15.0 Å². The minimum atomic E-state index is -0.504. The number of nitro groups is 2. The summed E-state index contributed by atoms with van der Waals surface area (Å²) in [6.45, 7) is 0.517. The molecule has 10 heteroatoms. The molecule has 0 saturated carbocycles. The number of benzene rings is 1. The van der Waals surface area contributed by atoms with Crippen LogP contribution in [0.5, 0.6) is 0 Å². The summed E-state index contributed by atoms with van der Waals surface area (Å²) >= 11 is 1.02. The van der Waals surface area contributed by atoms with Crippen molar-refractivity contribution in [2.75, 3.05) is 23.8 Å². The standard InChI is InChI=1S/C13H14N4O5S/c18-4-3-14-11-2-1-10(16(19)20)6-12(11)15-7-9-5-13(17(21)22)23-8-9/h1-2,5-6,8,14-15,18H,3-4,7H2. The third-order valence-corrected chi connectivity index (χ3v) is 3.87. The number of nitro benzene ring substituents is 1. The largest absolute Gasteiger partial charge is 0.395 e. The maximum Gasteiger partial charge on any atom is 0.324 e. The highest BCUT2D eigenvalue weighted by Crippen LogP contribution is 2.29. The Kier molecular flexibility index (Phi) is 5.44. The predicted octanol–water partition coefficient (Wildman–Crippen LogP) is 2.58. The molecule has 23 heavy (non-hydrogen) atoms. The van der Waals surface area contributed by atoms with E-state index in [-0.39, 0.29) is 17.3 Å². The minimum Gasteiger partial charge on any atom is -0.395 e. The van der Waals surface area contributed by atoms with E-state index in [1.54, 1.807) is 11.4 Å². The molecule has 2 aromatic rings. The Hall–Kier alpha value is -2.72. The SMILES string of the molecule is O=[N+]([O-])c1ccc(NCCO)c(NCc2csc([N+](=O)[O-])c2)c1. The first-order valence-electron chi connectivity index (χ1n) is 6.60. The van der Waals surface area contributed by atoms with E-state index in [4.69, 9.17) is 5.11 Å². The van der Waals surface area contributed by atoms with Crippen LogP contribution in [-0.4, -0.2) is 28.1 Å². The van der Waals surface area contributed by atoms with Gasteiger partial charge in [0.05, 0.1) is 27.8 Å². The Bertz CT molecular complexity index is 718. The van der Waals surface area contributed by atoms with Crippen molar-refractivity contribution in [3.8, 4) is 0 Å². The molecule has 0 radical (unpaired) electrons. The van der Waals surface area contributed by atoms with E-state index < -0.39 is 9.85 Å². The third-order valence-electron chi connectivity index (χ3n) is 2.94. The van der Waals surface area contributed by atoms with Gasteiger partial charge in [-0.1, -0.05) is 11.3 Å². The van der Waals surface area contributed by atoms with Crippen molar-refractivity contribution in [2.24, 2.45) is 0 Å². The first-order chi connectivity index (χ1) is 11.0. The monoisotopic (exact) mass is 338 g/mol. The predicted molar refractivity (Wildman–Crippen MR) is 87.0 cm³/mol. The number of aliphatic hydroxyl groups excluding tert-OH is 1. The molecule has 0 unspecified atom stereocenters. The molecule has 2 rings (SSSR count). The van der Waals surface area contributed by atoms with Gasteiger partial charge in [0.25, 0.3) is 5.69 Å². The molecule has 3 N–H and O–H groups in total. The molecule has 1 heterocycles. The third kappa shape index (κ3) is 4.37. The average molecular weight is 338 g/mol. The second-order valence-electron chi connectivity index (χ2n) is 4.54. The summed E-state index contributed by atoms with van der Waals surface area (Å²) in [7, 11) is 0. The van der Waals surface area contributed by atoms with Crippen LogP contribution in [0.3, 0.4) is 0 Å². The number of hydrogen-bond donors (Lipinski definition) is 3. The molecule has 0 bridgehead atoms. The summed E-state index contributed by atoms with van der Waals surface area (Å²) in [5, 5.41) is 38.1. The molecule has 0 amide bonds. The highest BCUT2D eigenvalue weighted by Gasteiger charge is 2.12. The number of non-ortho nitro benzene ring substituents is 1. The van der Waals surface area contributed by atoms with Crippen LogP contribution in [0.2, 0.25) is 0 Å². The molecule has 0 aliphatic heterocycles. The summed E-state index contributed by atoms with van der Waals surface area (Å²) in [6.07, 6.45) is 0. The average Bonchev–Trinajstić information content (AvgIpc) is 3.00. The normalized spacial score (nSPS) is 10.3. The van der Waals surface area contributed by atoms with Crippen LogP contribution < -0.4 is 10.6 Å². The van der Waals surface area contributed by atoms with Gasteiger partial charge in [0.2, 0.25) is 0 Å². The van der Waals surface area contributed by atoms with Crippen LogP contribution in [0.4, 0.5) is 22.1 Å². The van der Waals surface area contributed by atoms with Crippen molar-refractivity contribution in [2.45, 2.75) is 6.54 Å². The lowest BCUT2D eigenvalue weighted by molar-refractivity contribution is -0.384. The second kappa shape index (κ2) is 7.51. The van der Waals surface area contributed by atoms with E-state index in [1.165, 1.54) is 18.2 Å². The van der Waals surface area contributed by atoms with Crippen LogP contribution in [0.1, 0.15) is 5.56 Å². The van der Waals surface area contributed by atoms with E-state index in [2.05, 4.69) is 10.6 Å². The van der Waals surface area contributed by atoms with Gasteiger partial charge in [-0.15, -0.1) is 0 Å². The summed E-state index contributed by atoms with van der Waals surface area (Å²) in [5.41, 5.74) is 1.73. The van der Waals surface area contributed by atoms with Crippen molar-refractivity contribution in [1.82, 2.24) is 0 Å². The molecule has 0 aliphatic carbocycles. The Morgan fingerprint density at radius 3 is 2.48 bits per heavy atom. The topological polar surface area (TPSA) is 131 Å². The van der Waals surface area contributed by atoms with Crippen LogP contribution in [-0.2, 0) is 6.54 Å². The highest BCUT2D eigenvalue weighted by atomic mass is 32.1. The molecule has 1 aromatic carbocycles. The smallest absolute Gasteiger partial charge is 0.324 e. The molecule has 9 nitrogen and oxygen atoms in total. The van der Waals surface area contributed by atoms with E-state index in [1.807, 2.05) is 0 Å². The lowest BCUT2D eigenvalue weighted by Crippen LogP contribution is -2.09. The summed E-state index contributed by atoms with van der Waals surface area (Å²) in [6, 6.07) is 5.74. The van der Waals surface area contributed by atoms with Gasteiger partial charge in [-0.3, -0.25) is 20.2 Å². The van der Waals surface area contributed by atoms with Crippen molar-refractivity contribution in [3.63, 3.8) is 0 Å². The Balaban J connectivity index is 2.16. The molecular formula is C13H14N4O5S. The highest BCUT2D eigenvalue weighted by molar-refractivity contribution is 7.13. The molecule has 0 saturated heterocycles. The van der Waals surface area contributed by atoms with Gasteiger partial charge >= 0.3 is 5.00 Å². The number of rotatable bonds is 8. The number of aliphatic hydroxyl groups is 1. The zero-order valence-corrected chi connectivity index (χ0v) is 12.7.